The maximum Gasteiger partial charge on any atom is 0.419 e. The number of carbonyl (C=O) groups is 1. The highest BCUT2D eigenvalue weighted by Crippen LogP contribution is 2.22. The van der Waals surface area contributed by atoms with Crippen molar-refractivity contribution in [3.8, 4) is 0 Å². The molecule has 3 aromatic rings. The Labute approximate surface area is 124 Å². The molecule has 1 aromatic carbocycles. The number of aromatic nitrogens is 2. The lowest BCUT2D eigenvalue weighted by molar-refractivity contribution is 0.102. The van der Waals surface area contributed by atoms with Crippen LogP contribution < -0.4 is 11.1 Å². The number of oxazole rings is 1. The number of anilines is 1. The van der Waals surface area contributed by atoms with Crippen LogP contribution in [0.5, 0.6) is 0 Å². The lowest BCUT2D eigenvalue weighted by Crippen LogP contribution is -2.12. The number of benzene rings is 1. The van der Waals surface area contributed by atoms with Crippen LogP contribution in [0.1, 0.15) is 20.9 Å². The van der Waals surface area contributed by atoms with Gasteiger partial charge in [0.15, 0.2) is 10.7 Å². The fourth-order valence-electron chi connectivity index (χ4n) is 1.96. The van der Waals surface area contributed by atoms with Gasteiger partial charge in [-0.1, -0.05) is 0 Å². The number of hydrogen-bond acceptors (Lipinski definition) is 5. The van der Waals surface area contributed by atoms with E-state index in [9.17, 15) is 9.59 Å². The summed E-state index contributed by atoms with van der Waals surface area (Å²) >= 11 is 1.43. The van der Waals surface area contributed by atoms with E-state index in [0.29, 0.717) is 21.8 Å². The summed E-state index contributed by atoms with van der Waals surface area (Å²) in [7, 11) is 1.60. The summed E-state index contributed by atoms with van der Waals surface area (Å²) in [5, 5.41) is 3.33. The Morgan fingerprint density at radius 3 is 2.81 bits per heavy atom. The van der Waals surface area contributed by atoms with Crippen LogP contribution in [-0.2, 0) is 7.05 Å². The van der Waals surface area contributed by atoms with Crippen molar-refractivity contribution in [1.29, 1.82) is 0 Å². The summed E-state index contributed by atoms with van der Waals surface area (Å²) in [6.07, 6.45) is 0. The van der Waals surface area contributed by atoms with Crippen LogP contribution >= 0.6 is 11.3 Å². The van der Waals surface area contributed by atoms with Crippen molar-refractivity contribution in [2.75, 3.05) is 5.32 Å². The number of hydrogen-bond donors (Lipinski definition) is 1. The van der Waals surface area contributed by atoms with Gasteiger partial charge in [-0.3, -0.25) is 14.7 Å². The maximum absolute atomic E-state index is 12.2. The normalized spacial score (nSPS) is 11.0. The van der Waals surface area contributed by atoms with Crippen molar-refractivity contribution < 1.29 is 9.21 Å². The molecular formula is C14H13N3O3S. The highest BCUT2D eigenvalue weighted by molar-refractivity contribution is 7.15. The molecule has 7 heteroatoms. The molecule has 0 saturated carbocycles. The van der Waals surface area contributed by atoms with E-state index >= 15 is 0 Å². The zero-order valence-corrected chi connectivity index (χ0v) is 12.6. The van der Waals surface area contributed by atoms with Crippen molar-refractivity contribution in [3.63, 3.8) is 0 Å². The van der Waals surface area contributed by atoms with Gasteiger partial charge in [0.05, 0.1) is 11.2 Å². The Morgan fingerprint density at radius 2 is 2.14 bits per heavy atom. The maximum atomic E-state index is 12.2. The minimum absolute atomic E-state index is 0.265. The lowest BCUT2D eigenvalue weighted by Gasteiger charge is -2.02. The molecule has 2 aromatic heterocycles. The number of thiazole rings is 1. The molecule has 3 rings (SSSR count). The van der Waals surface area contributed by atoms with Gasteiger partial charge in [-0.05, 0) is 32.0 Å². The number of nitrogens with zero attached hydrogens (tertiary/aromatic N) is 2. The van der Waals surface area contributed by atoms with Gasteiger partial charge in [0.2, 0.25) is 0 Å². The predicted octanol–water partition coefficient (Wildman–Crippen LogP) is 2.46. The Morgan fingerprint density at radius 1 is 1.38 bits per heavy atom. The van der Waals surface area contributed by atoms with E-state index in [1.165, 1.54) is 15.9 Å². The van der Waals surface area contributed by atoms with Gasteiger partial charge < -0.3 is 4.42 Å². The van der Waals surface area contributed by atoms with Crippen LogP contribution in [0.4, 0.5) is 5.13 Å². The first-order chi connectivity index (χ1) is 9.95. The molecular weight excluding hydrogens is 290 g/mol. The Balaban J connectivity index is 1.94. The Hall–Kier alpha value is -2.41. The van der Waals surface area contributed by atoms with E-state index in [1.54, 1.807) is 25.2 Å². The molecule has 0 aliphatic carbocycles. The number of carbonyl (C=O) groups excluding carboxylic acids is 1. The molecule has 6 nitrogen and oxygen atoms in total. The molecule has 1 N–H and O–H groups in total. The van der Waals surface area contributed by atoms with Gasteiger partial charge in [-0.2, -0.15) is 0 Å². The average molecular weight is 303 g/mol. The molecule has 0 spiro atoms. The lowest BCUT2D eigenvalue weighted by atomic mass is 10.2. The summed E-state index contributed by atoms with van der Waals surface area (Å²) in [6.45, 7) is 3.85. The summed E-state index contributed by atoms with van der Waals surface area (Å²) < 4.78 is 6.40. The van der Waals surface area contributed by atoms with E-state index in [2.05, 4.69) is 10.3 Å². The quantitative estimate of drug-likeness (QED) is 0.789. The summed E-state index contributed by atoms with van der Waals surface area (Å²) in [5.41, 5.74) is 2.39. The first kappa shape index (κ1) is 13.6. The minimum Gasteiger partial charge on any atom is -0.408 e. The molecule has 1 amide bonds. The van der Waals surface area contributed by atoms with Gasteiger partial charge >= 0.3 is 5.76 Å². The van der Waals surface area contributed by atoms with E-state index in [1.807, 2.05) is 13.8 Å². The third-order valence-corrected chi connectivity index (χ3v) is 4.29. The molecule has 0 bridgehead atoms. The van der Waals surface area contributed by atoms with Crippen LogP contribution in [0.25, 0.3) is 11.1 Å². The number of aryl methyl sites for hydroxylation is 3. The number of amides is 1. The van der Waals surface area contributed by atoms with Crippen LogP contribution in [0.15, 0.2) is 27.4 Å². The van der Waals surface area contributed by atoms with Gasteiger partial charge in [-0.15, -0.1) is 11.3 Å². The molecule has 0 aliphatic heterocycles. The highest BCUT2D eigenvalue weighted by atomic mass is 32.1. The van der Waals surface area contributed by atoms with Crippen molar-refractivity contribution in [2.45, 2.75) is 13.8 Å². The van der Waals surface area contributed by atoms with Crippen LogP contribution in [-0.4, -0.2) is 15.5 Å². The average Bonchev–Trinajstić information content (AvgIpc) is 2.90. The fraction of sp³-hybridized carbons (Fsp3) is 0.214. The predicted molar refractivity (Wildman–Crippen MR) is 81.0 cm³/mol. The fourth-order valence-corrected chi connectivity index (χ4v) is 2.77. The van der Waals surface area contributed by atoms with Crippen molar-refractivity contribution in [3.05, 3.63) is 44.9 Å². The molecule has 0 atom stereocenters. The number of rotatable bonds is 2. The Bertz CT molecular complexity index is 884. The molecule has 0 fully saturated rings. The standard InChI is InChI=1S/C14H13N3O3S/c1-7-8(2)21-13(15-7)16-12(18)9-4-5-11-10(6-9)17(3)14(19)20-11/h4-6H,1-3H3,(H,15,16,18). The summed E-state index contributed by atoms with van der Waals surface area (Å²) in [6, 6.07) is 4.86. The second kappa shape index (κ2) is 4.85. The first-order valence-corrected chi connectivity index (χ1v) is 7.12. The molecule has 0 saturated heterocycles. The largest absolute Gasteiger partial charge is 0.419 e. The van der Waals surface area contributed by atoms with E-state index in [-0.39, 0.29) is 5.91 Å². The zero-order valence-electron chi connectivity index (χ0n) is 11.8. The molecule has 0 unspecified atom stereocenters. The number of fused-ring (bicyclic) bond motifs is 1. The van der Waals surface area contributed by atoms with Crippen LogP contribution in [0, 0.1) is 13.8 Å². The van der Waals surface area contributed by atoms with Crippen LogP contribution in [0.2, 0.25) is 0 Å². The van der Waals surface area contributed by atoms with Crippen molar-refractivity contribution in [2.24, 2.45) is 7.05 Å². The smallest absolute Gasteiger partial charge is 0.408 e. The highest BCUT2D eigenvalue weighted by Gasteiger charge is 2.13. The third-order valence-electron chi connectivity index (χ3n) is 3.30. The monoisotopic (exact) mass is 303 g/mol. The van der Waals surface area contributed by atoms with Crippen molar-refractivity contribution in [1.82, 2.24) is 9.55 Å². The topological polar surface area (TPSA) is 77.1 Å². The molecule has 2 heterocycles. The molecule has 21 heavy (non-hydrogen) atoms. The Kier molecular flexibility index (Phi) is 3.13. The SMILES string of the molecule is Cc1nc(NC(=O)c2ccc3oc(=O)n(C)c3c2)sc1C. The van der Waals surface area contributed by atoms with Gasteiger partial charge in [0.1, 0.15) is 0 Å². The van der Waals surface area contributed by atoms with Gasteiger partial charge in [0.25, 0.3) is 5.91 Å². The summed E-state index contributed by atoms with van der Waals surface area (Å²) in [5.74, 6) is -0.715. The minimum atomic E-state index is -0.450. The van der Waals surface area contributed by atoms with Crippen molar-refractivity contribution >= 4 is 33.5 Å². The molecule has 0 radical (unpaired) electrons. The van der Waals surface area contributed by atoms with Gasteiger partial charge in [-0.25, -0.2) is 9.78 Å². The summed E-state index contributed by atoms with van der Waals surface area (Å²) in [4.78, 5) is 29.0. The second-order valence-electron chi connectivity index (χ2n) is 4.72. The second-order valence-corrected chi connectivity index (χ2v) is 5.93. The van der Waals surface area contributed by atoms with E-state index in [4.69, 9.17) is 4.42 Å². The van der Waals surface area contributed by atoms with Gasteiger partial charge in [0, 0.05) is 17.5 Å². The third kappa shape index (κ3) is 2.36. The zero-order chi connectivity index (χ0) is 15.1. The van der Waals surface area contributed by atoms with E-state index in [0.717, 1.165) is 10.6 Å². The van der Waals surface area contributed by atoms with E-state index < -0.39 is 5.76 Å². The molecule has 0 aliphatic rings. The number of nitrogens with one attached hydrogen (secondary N) is 1. The van der Waals surface area contributed by atoms with Crippen LogP contribution in [0.3, 0.4) is 0 Å². The first-order valence-electron chi connectivity index (χ1n) is 6.30. The molecule has 108 valence electrons.